The van der Waals surface area contributed by atoms with Crippen molar-refractivity contribution in [2.24, 2.45) is 0 Å². The summed E-state index contributed by atoms with van der Waals surface area (Å²) < 4.78 is 7.56. The summed E-state index contributed by atoms with van der Waals surface area (Å²) >= 11 is 0. The fourth-order valence-corrected chi connectivity index (χ4v) is 2.68. The molecule has 0 aliphatic carbocycles. The van der Waals surface area contributed by atoms with Crippen molar-refractivity contribution >= 4 is 11.2 Å². The third-order valence-corrected chi connectivity index (χ3v) is 3.74. The Hall–Kier alpha value is -2.27. The lowest BCUT2D eigenvalue weighted by Gasteiger charge is -2.29. The number of fused-ring (bicyclic) bond motifs is 1. The largest absolute Gasteiger partial charge is 0.461 e. The normalized spacial score (nSPS) is 15.9. The maximum Gasteiger partial charge on any atom is 0.180 e. The van der Waals surface area contributed by atoms with E-state index in [9.17, 15) is 0 Å². The van der Waals surface area contributed by atoms with E-state index >= 15 is 0 Å². The molecule has 0 aromatic carbocycles. The van der Waals surface area contributed by atoms with E-state index in [0.29, 0.717) is 0 Å². The highest BCUT2D eigenvalue weighted by Gasteiger charge is 2.13. The van der Waals surface area contributed by atoms with Crippen molar-refractivity contribution in [3.8, 4) is 11.6 Å². The molecule has 5 nitrogen and oxygen atoms in total. The minimum absolute atomic E-state index is 0.794. The number of furan rings is 1. The maximum absolute atomic E-state index is 5.46. The second kappa shape index (κ2) is 4.68. The minimum Gasteiger partial charge on any atom is -0.461 e. The van der Waals surface area contributed by atoms with E-state index in [1.54, 1.807) is 6.26 Å². The van der Waals surface area contributed by atoms with Crippen molar-refractivity contribution in [2.45, 2.75) is 0 Å². The number of nitrogens with one attached hydrogen (secondary N) is 1. The van der Waals surface area contributed by atoms with Crippen molar-refractivity contribution in [3.63, 3.8) is 0 Å². The van der Waals surface area contributed by atoms with Crippen LogP contribution in [0.4, 0.5) is 5.69 Å². The van der Waals surface area contributed by atoms with E-state index in [1.165, 1.54) is 5.69 Å². The Labute approximate surface area is 116 Å². The first-order valence-electron chi connectivity index (χ1n) is 6.88. The van der Waals surface area contributed by atoms with Crippen LogP contribution in [0.1, 0.15) is 0 Å². The van der Waals surface area contributed by atoms with Gasteiger partial charge in [0, 0.05) is 32.4 Å². The Morgan fingerprint density at radius 2 is 2.05 bits per heavy atom. The van der Waals surface area contributed by atoms with Crippen molar-refractivity contribution in [2.75, 3.05) is 31.1 Å². The Bertz CT molecular complexity index is 711. The number of aromatic nitrogens is 2. The zero-order valence-electron chi connectivity index (χ0n) is 11.1. The number of anilines is 1. The summed E-state index contributed by atoms with van der Waals surface area (Å²) in [6.07, 6.45) is 5.70. The Balaban J connectivity index is 1.79. The van der Waals surface area contributed by atoms with Gasteiger partial charge in [-0.1, -0.05) is 0 Å². The van der Waals surface area contributed by atoms with Crippen LogP contribution in [-0.2, 0) is 0 Å². The number of hydrogen-bond acceptors (Lipinski definition) is 4. The molecular weight excluding hydrogens is 252 g/mol. The molecule has 4 heterocycles. The molecule has 4 rings (SSSR count). The molecular formula is C15H16N4O. The average molecular weight is 268 g/mol. The number of hydrogen-bond donors (Lipinski definition) is 1. The molecule has 3 aromatic heterocycles. The zero-order valence-corrected chi connectivity index (χ0v) is 11.1. The van der Waals surface area contributed by atoms with Crippen LogP contribution in [0.5, 0.6) is 0 Å². The topological polar surface area (TPSA) is 45.7 Å². The van der Waals surface area contributed by atoms with Gasteiger partial charge in [-0.25, -0.2) is 4.98 Å². The lowest BCUT2D eigenvalue weighted by molar-refractivity contribution is 0.576. The predicted octanol–water partition coefficient (Wildman–Crippen LogP) is 2.00. The van der Waals surface area contributed by atoms with Gasteiger partial charge in [-0.2, -0.15) is 0 Å². The van der Waals surface area contributed by atoms with E-state index in [4.69, 9.17) is 4.42 Å². The van der Waals surface area contributed by atoms with Gasteiger partial charge in [0.05, 0.1) is 23.7 Å². The molecule has 0 spiro atoms. The van der Waals surface area contributed by atoms with Gasteiger partial charge in [0.25, 0.3) is 0 Å². The van der Waals surface area contributed by atoms with Crippen molar-refractivity contribution < 1.29 is 4.42 Å². The second-order valence-electron chi connectivity index (χ2n) is 4.98. The van der Waals surface area contributed by atoms with E-state index in [1.807, 2.05) is 18.3 Å². The second-order valence-corrected chi connectivity index (χ2v) is 4.98. The summed E-state index contributed by atoms with van der Waals surface area (Å²) in [7, 11) is 0. The predicted molar refractivity (Wildman–Crippen MR) is 78.0 cm³/mol. The molecule has 1 saturated heterocycles. The van der Waals surface area contributed by atoms with Crippen molar-refractivity contribution in [1.82, 2.24) is 14.7 Å². The van der Waals surface area contributed by atoms with Gasteiger partial charge in [-0.15, -0.1) is 0 Å². The van der Waals surface area contributed by atoms with Crippen LogP contribution in [0, 0.1) is 0 Å². The Morgan fingerprint density at radius 3 is 2.85 bits per heavy atom. The van der Waals surface area contributed by atoms with Crippen LogP contribution in [0.2, 0.25) is 0 Å². The van der Waals surface area contributed by atoms with Gasteiger partial charge in [-0.05, 0) is 24.3 Å². The van der Waals surface area contributed by atoms with E-state index < -0.39 is 0 Å². The van der Waals surface area contributed by atoms with Gasteiger partial charge in [-0.3, -0.25) is 4.40 Å². The number of imidazole rings is 1. The molecule has 0 radical (unpaired) electrons. The third kappa shape index (κ3) is 1.87. The molecule has 0 atom stereocenters. The first-order valence-corrected chi connectivity index (χ1v) is 6.88. The monoisotopic (exact) mass is 268 g/mol. The molecule has 5 heteroatoms. The van der Waals surface area contributed by atoms with Crippen LogP contribution < -0.4 is 10.2 Å². The van der Waals surface area contributed by atoms with E-state index in [2.05, 4.69) is 37.9 Å². The van der Waals surface area contributed by atoms with Gasteiger partial charge >= 0.3 is 0 Å². The molecule has 0 amide bonds. The lowest BCUT2D eigenvalue weighted by Crippen LogP contribution is -2.43. The summed E-state index contributed by atoms with van der Waals surface area (Å²) in [5.41, 5.74) is 2.31. The van der Waals surface area contributed by atoms with Crippen LogP contribution in [0.15, 0.2) is 47.3 Å². The summed E-state index contributed by atoms with van der Waals surface area (Å²) in [5, 5.41) is 3.37. The SMILES string of the molecule is c1coc(-c2ncc3ccc(N4CCNCC4)cn23)c1. The van der Waals surface area contributed by atoms with Gasteiger partial charge < -0.3 is 14.6 Å². The number of rotatable bonds is 2. The van der Waals surface area contributed by atoms with Crippen LogP contribution in [0.3, 0.4) is 0 Å². The van der Waals surface area contributed by atoms with Crippen molar-refractivity contribution in [3.05, 3.63) is 42.9 Å². The van der Waals surface area contributed by atoms with Crippen molar-refractivity contribution in [1.29, 1.82) is 0 Å². The maximum atomic E-state index is 5.46. The van der Waals surface area contributed by atoms with Gasteiger partial charge in [0.2, 0.25) is 0 Å². The number of nitrogens with zero attached hydrogens (tertiary/aromatic N) is 3. The Morgan fingerprint density at radius 1 is 1.15 bits per heavy atom. The smallest absolute Gasteiger partial charge is 0.180 e. The fraction of sp³-hybridized carbons (Fsp3) is 0.267. The summed E-state index contributed by atoms with van der Waals surface area (Å²) in [6, 6.07) is 8.09. The highest BCUT2D eigenvalue weighted by molar-refractivity contribution is 5.62. The average Bonchev–Trinajstić information content (AvgIpc) is 3.16. The molecule has 102 valence electrons. The van der Waals surface area contributed by atoms with Gasteiger partial charge in [0.1, 0.15) is 0 Å². The van der Waals surface area contributed by atoms with E-state index in [0.717, 1.165) is 43.3 Å². The molecule has 1 fully saturated rings. The van der Waals surface area contributed by atoms with Crippen LogP contribution in [0.25, 0.3) is 17.1 Å². The van der Waals surface area contributed by atoms with Crippen LogP contribution >= 0.6 is 0 Å². The summed E-state index contributed by atoms with van der Waals surface area (Å²) in [6.45, 7) is 4.15. The number of piperazine rings is 1. The molecule has 0 bridgehead atoms. The summed E-state index contributed by atoms with van der Waals surface area (Å²) in [5.74, 6) is 1.64. The standard InChI is InChI=1S/C15H16N4O/c1-2-14(20-9-1)15-17-10-12-3-4-13(11-19(12)15)18-7-5-16-6-8-18/h1-4,9-11,16H,5-8H2. The highest BCUT2D eigenvalue weighted by Crippen LogP contribution is 2.23. The molecule has 0 saturated carbocycles. The van der Waals surface area contributed by atoms with Gasteiger partial charge in [0.15, 0.2) is 11.6 Å². The molecule has 0 unspecified atom stereocenters. The fourth-order valence-electron chi connectivity index (χ4n) is 2.68. The number of pyridine rings is 1. The molecule has 20 heavy (non-hydrogen) atoms. The summed E-state index contributed by atoms with van der Waals surface area (Å²) in [4.78, 5) is 6.85. The molecule has 1 aliphatic heterocycles. The molecule has 1 N–H and O–H groups in total. The Kier molecular flexibility index (Phi) is 2.70. The molecule has 1 aliphatic rings. The third-order valence-electron chi connectivity index (χ3n) is 3.74. The minimum atomic E-state index is 0.794. The molecule has 3 aromatic rings. The lowest BCUT2D eigenvalue weighted by atomic mass is 10.3. The first kappa shape index (κ1) is 11.5. The zero-order chi connectivity index (χ0) is 13.4. The van der Waals surface area contributed by atoms with E-state index in [-0.39, 0.29) is 0 Å². The quantitative estimate of drug-likeness (QED) is 0.772. The first-order chi connectivity index (χ1) is 9.92. The van der Waals surface area contributed by atoms with Crippen LogP contribution in [-0.4, -0.2) is 35.6 Å². The highest BCUT2D eigenvalue weighted by atomic mass is 16.3.